The number of aromatic nitrogens is 2. The van der Waals surface area contributed by atoms with Gasteiger partial charge >= 0.3 is 6.03 Å². The van der Waals surface area contributed by atoms with Crippen LogP contribution in [0.4, 0.5) is 20.7 Å². The molecule has 0 spiro atoms. The molecule has 0 saturated carbocycles. The Hall–Kier alpha value is -3.68. The zero-order valence-electron chi connectivity index (χ0n) is 18.9. The summed E-state index contributed by atoms with van der Waals surface area (Å²) in [5, 5.41) is 10.0. The van der Waals surface area contributed by atoms with E-state index in [1.165, 1.54) is 30.1 Å². The lowest BCUT2D eigenvalue weighted by atomic mass is 9.92. The number of amides is 3. The molecule has 0 atom stereocenters. The third-order valence-corrected chi connectivity index (χ3v) is 4.93. The van der Waals surface area contributed by atoms with Gasteiger partial charge in [-0.15, -0.1) is 0 Å². The van der Waals surface area contributed by atoms with Crippen LogP contribution in [0.25, 0.3) is 5.69 Å². The van der Waals surface area contributed by atoms with Gasteiger partial charge in [0.25, 0.3) is 0 Å². The van der Waals surface area contributed by atoms with E-state index in [1.54, 1.807) is 10.7 Å². The molecule has 3 amide bonds. The van der Waals surface area contributed by atoms with Crippen LogP contribution in [0, 0.1) is 12.7 Å². The molecule has 8 heteroatoms. The number of carbonyl (C=O) groups excluding carboxylic acids is 2. The van der Waals surface area contributed by atoms with Crippen molar-refractivity contribution in [2.24, 2.45) is 0 Å². The van der Waals surface area contributed by atoms with Gasteiger partial charge in [0.2, 0.25) is 5.91 Å². The fraction of sp³-hybridized carbons (Fsp3) is 0.292. The molecule has 7 nitrogen and oxygen atoms in total. The predicted octanol–water partition coefficient (Wildman–Crippen LogP) is 4.72. The van der Waals surface area contributed by atoms with E-state index in [0.29, 0.717) is 5.82 Å². The van der Waals surface area contributed by atoms with Crippen LogP contribution in [0.2, 0.25) is 0 Å². The fourth-order valence-electron chi connectivity index (χ4n) is 3.06. The van der Waals surface area contributed by atoms with Crippen LogP contribution in [0.3, 0.4) is 0 Å². The lowest BCUT2D eigenvalue weighted by molar-refractivity contribution is -0.116. The predicted molar refractivity (Wildman–Crippen MR) is 124 cm³/mol. The molecule has 0 aliphatic carbocycles. The number of rotatable bonds is 5. The van der Waals surface area contributed by atoms with Crippen LogP contribution >= 0.6 is 0 Å². The van der Waals surface area contributed by atoms with Gasteiger partial charge in [0, 0.05) is 18.5 Å². The first kappa shape index (κ1) is 23.0. The van der Waals surface area contributed by atoms with Crippen molar-refractivity contribution in [3.05, 3.63) is 71.7 Å². The van der Waals surface area contributed by atoms with Crippen molar-refractivity contribution in [2.75, 3.05) is 24.2 Å². The molecule has 2 N–H and O–H groups in total. The normalized spacial score (nSPS) is 11.2. The molecule has 168 valence electrons. The molecule has 32 heavy (non-hydrogen) atoms. The summed E-state index contributed by atoms with van der Waals surface area (Å²) in [6.45, 7) is 7.89. The summed E-state index contributed by atoms with van der Waals surface area (Å²) in [7, 11) is 1.47. The van der Waals surface area contributed by atoms with Crippen molar-refractivity contribution in [1.82, 2.24) is 14.7 Å². The molecule has 0 aliphatic heterocycles. The van der Waals surface area contributed by atoms with Crippen LogP contribution in [-0.2, 0) is 10.2 Å². The standard InChI is InChI=1S/C24H28FN5O2/c1-16-10-6-9-13-19(16)30-21(14-20(28-30)24(2,3)4)27-22(31)15-29(5)23(32)26-18-12-8-7-11-17(18)25/h6-14H,15H2,1-5H3,(H,26,32)(H,27,31). The number of carbonyl (C=O) groups is 2. The first-order valence-corrected chi connectivity index (χ1v) is 10.3. The van der Waals surface area contributed by atoms with E-state index in [-0.39, 0.29) is 17.6 Å². The van der Waals surface area contributed by atoms with Crippen molar-refractivity contribution < 1.29 is 14.0 Å². The quantitative estimate of drug-likeness (QED) is 0.606. The molecule has 0 bridgehead atoms. The summed E-state index contributed by atoms with van der Waals surface area (Å²) in [6.07, 6.45) is 0. The number of anilines is 2. The minimum Gasteiger partial charge on any atom is -0.318 e. The number of nitrogens with zero attached hydrogens (tertiary/aromatic N) is 3. The molecule has 2 aromatic carbocycles. The van der Waals surface area contributed by atoms with E-state index in [2.05, 4.69) is 10.6 Å². The van der Waals surface area contributed by atoms with Gasteiger partial charge in [-0.2, -0.15) is 5.10 Å². The maximum absolute atomic E-state index is 13.8. The molecule has 3 rings (SSSR count). The van der Waals surface area contributed by atoms with Crippen molar-refractivity contribution in [1.29, 1.82) is 0 Å². The second-order valence-electron chi connectivity index (χ2n) is 8.68. The lowest BCUT2D eigenvalue weighted by Gasteiger charge is -2.18. The zero-order chi connectivity index (χ0) is 23.5. The number of hydrogen-bond acceptors (Lipinski definition) is 3. The number of likely N-dealkylation sites (N-methyl/N-ethyl adjacent to an activating group) is 1. The molecule has 3 aromatic rings. The van der Waals surface area contributed by atoms with E-state index in [0.717, 1.165) is 16.9 Å². The lowest BCUT2D eigenvalue weighted by Crippen LogP contribution is -2.38. The Bertz CT molecular complexity index is 1130. The highest BCUT2D eigenvalue weighted by Gasteiger charge is 2.23. The minimum atomic E-state index is -0.590. The van der Waals surface area contributed by atoms with E-state index in [1.807, 2.05) is 58.0 Å². The Labute approximate surface area is 187 Å². The molecular formula is C24H28FN5O2. The summed E-state index contributed by atoms with van der Waals surface area (Å²) in [6, 6.07) is 14.9. The van der Waals surface area contributed by atoms with Crippen LogP contribution in [0.1, 0.15) is 32.0 Å². The topological polar surface area (TPSA) is 79.3 Å². The third-order valence-electron chi connectivity index (χ3n) is 4.93. The first-order chi connectivity index (χ1) is 15.1. The Balaban J connectivity index is 1.77. The highest BCUT2D eigenvalue weighted by molar-refractivity contribution is 5.96. The Kier molecular flexibility index (Phi) is 6.62. The molecule has 1 aromatic heterocycles. The Morgan fingerprint density at radius 2 is 1.72 bits per heavy atom. The highest BCUT2D eigenvalue weighted by Crippen LogP contribution is 2.27. The van der Waals surface area contributed by atoms with Crippen LogP contribution < -0.4 is 10.6 Å². The van der Waals surface area contributed by atoms with Gasteiger partial charge in [-0.25, -0.2) is 13.9 Å². The number of benzene rings is 2. The van der Waals surface area contributed by atoms with Gasteiger partial charge < -0.3 is 15.5 Å². The second kappa shape index (κ2) is 9.21. The number of para-hydroxylation sites is 2. The molecule has 0 radical (unpaired) electrons. The average Bonchev–Trinajstić information content (AvgIpc) is 3.13. The monoisotopic (exact) mass is 437 g/mol. The number of hydrogen-bond donors (Lipinski definition) is 2. The van der Waals surface area contributed by atoms with E-state index in [9.17, 15) is 14.0 Å². The van der Waals surface area contributed by atoms with Gasteiger partial charge in [-0.1, -0.05) is 51.1 Å². The number of aryl methyl sites for hydroxylation is 1. The largest absolute Gasteiger partial charge is 0.322 e. The van der Waals surface area contributed by atoms with Crippen molar-refractivity contribution >= 4 is 23.4 Å². The smallest absolute Gasteiger partial charge is 0.318 e. The first-order valence-electron chi connectivity index (χ1n) is 10.3. The SMILES string of the molecule is Cc1ccccc1-n1nc(C(C)(C)C)cc1NC(=O)CN(C)C(=O)Nc1ccccc1F. The van der Waals surface area contributed by atoms with Crippen molar-refractivity contribution in [3.63, 3.8) is 0 Å². The van der Waals surface area contributed by atoms with Gasteiger partial charge in [-0.05, 0) is 30.7 Å². The van der Waals surface area contributed by atoms with E-state index in [4.69, 9.17) is 5.10 Å². The molecule has 0 fully saturated rings. The van der Waals surface area contributed by atoms with Crippen molar-refractivity contribution in [2.45, 2.75) is 33.1 Å². The molecule has 0 unspecified atom stereocenters. The highest BCUT2D eigenvalue weighted by atomic mass is 19.1. The minimum absolute atomic E-state index is 0.0530. The Morgan fingerprint density at radius 1 is 1.06 bits per heavy atom. The summed E-state index contributed by atoms with van der Waals surface area (Å²) < 4.78 is 15.5. The van der Waals surface area contributed by atoms with Gasteiger partial charge in [-0.3, -0.25) is 4.79 Å². The van der Waals surface area contributed by atoms with E-state index < -0.39 is 17.8 Å². The summed E-state index contributed by atoms with van der Waals surface area (Å²) >= 11 is 0. The zero-order valence-corrected chi connectivity index (χ0v) is 18.9. The van der Waals surface area contributed by atoms with Gasteiger partial charge in [0.1, 0.15) is 18.2 Å². The van der Waals surface area contributed by atoms with Gasteiger partial charge in [0.05, 0.1) is 17.1 Å². The number of halogens is 1. The van der Waals surface area contributed by atoms with Gasteiger partial charge in [0.15, 0.2) is 0 Å². The second-order valence-corrected chi connectivity index (χ2v) is 8.68. The maximum Gasteiger partial charge on any atom is 0.322 e. The van der Waals surface area contributed by atoms with E-state index >= 15 is 0 Å². The fourth-order valence-corrected chi connectivity index (χ4v) is 3.06. The molecular weight excluding hydrogens is 409 g/mol. The number of nitrogens with one attached hydrogen (secondary N) is 2. The summed E-state index contributed by atoms with van der Waals surface area (Å²) in [4.78, 5) is 26.3. The van der Waals surface area contributed by atoms with Crippen LogP contribution in [0.5, 0.6) is 0 Å². The molecule has 1 heterocycles. The Morgan fingerprint density at radius 3 is 2.38 bits per heavy atom. The van der Waals surface area contributed by atoms with Crippen LogP contribution in [0.15, 0.2) is 54.6 Å². The maximum atomic E-state index is 13.8. The van der Waals surface area contributed by atoms with Crippen LogP contribution in [-0.4, -0.2) is 40.2 Å². The average molecular weight is 438 g/mol. The molecule has 0 saturated heterocycles. The van der Waals surface area contributed by atoms with Crippen molar-refractivity contribution in [3.8, 4) is 5.69 Å². The summed E-state index contributed by atoms with van der Waals surface area (Å²) in [5.41, 5.74) is 2.51. The number of urea groups is 1. The third kappa shape index (κ3) is 5.32. The summed E-state index contributed by atoms with van der Waals surface area (Å²) in [5.74, 6) is -0.431. The molecule has 0 aliphatic rings.